The van der Waals surface area contributed by atoms with E-state index in [9.17, 15) is 9.59 Å². The molecule has 0 aliphatic heterocycles. The first-order chi connectivity index (χ1) is 13.3. The molecule has 0 spiro atoms. The van der Waals surface area contributed by atoms with Crippen molar-refractivity contribution in [1.29, 1.82) is 0 Å². The van der Waals surface area contributed by atoms with Gasteiger partial charge < -0.3 is 10.1 Å². The number of carbonyl (C=O) groups is 2. The van der Waals surface area contributed by atoms with Crippen molar-refractivity contribution in [2.45, 2.75) is 38.8 Å². The lowest BCUT2D eigenvalue weighted by Crippen LogP contribution is -2.44. The van der Waals surface area contributed by atoms with E-state index in [1.807, 2.05) is 60.7 Å². The monoisotopic (exact) mass is 374 g/mol. The second-order valence-corrected chi connectivity index (χ2v) is 7.71. The van der Waals surface area contributed by atoms with Gasteiger partial charge in [-0.15, -0.1) is 0 Å². The number of ketones is 1. The Balaban J connectivity index is 1.92. The Bertz CT molecular complexity index is 969. The molecule has 1 amide bonds. The van der Waals surface area contributed by atoms with Crippen molar-refractivity contribution in [3.05, 3.63) is 83.9 Å². The van der Waals surface area contributed by atoms with Crippen LogP contribution in [0.15, 0.2) is 66.7 Å². The largest absolute Gasteiger partial charge is 0.444 e. The minimum absolute atomic E-state index is 0.164. The van der Waals surface area contributed by atoms with E-state index >= 15 is 0 Å². The third-order valence-corrected chi connectivity index (χ3v) is 4.27. The van der Waals surface area contributed by atoms with Crippen LogP contribution in [0.25, 0.3) is 10.8 Å². The van der Waals surface area contributed by atoms with E-state index in [-0.39, 0.29) is 5.78 Å². The summed E-state index contributed by atoms with van der Waals surface area (Å²) in [5.74, 6) is -0.164. The van der Waals surface area contributed by atoms with E-state index in [4.69, 9.17) is 4.74 Å². The number of hydrogen-bond acceptors (Lipinski definition) is 3. The Kier molecular flexibility index (Phi) is 5.78. The van der Waals surface area contributed by atoms with Crippen LogP contribution in [0, 0.1) is 6.07 Å². The SMILES string of the molecule is CC(C)(C)OC(=O)N[C@@H](Cc1ccccc1)C(=O)c1c[c]cc2ccccc12. The summed E-state index contributed by atoms with van der Waals surface area (Å²) in [4.78, 5) is 25.7. The van der Waals surface area contributed by atoms with Crippen molar-refractivity contribution in [3.8, 4) is 0 Å². The number of rotatable bonds is 5. The lowest BCUT2D eigenvalue weighted by molar-refractivity contribution is 0.0491. The van der Waals surface area contributed by atoms with Crippen molar-refractivity contribution in [3.63, 3.8) is 0 Å². The first-order valence-corrected chi connectivity index (χ1v) is 9.30. The van der Waals surface area contributed by atoms with Gasteiger partial charge >= 0.3 is 6.09 Å². The predicted molar refractivity (Wildman–Crippen MR) is 110 cm³/mol. The molecule has 0 aliphatic rings. The molecular formula is C24H24NO3. The molecule has 0 heterocycles. The maximum absolute atomic E-state index is 13.4. The van der Waals surface area contributed by atoms with Crippen LogP contribution in [-0.4, -0.2) is 23.5 Å². The zero-order chi connectivity index (χ0) is 20.1. The van der Waals surface area contributed by atoms with Crippen LogP contribution in [0.2, 0.25) is 0 Å². The number of ether oxygens (including phenoxy) is 1. The molecule has 3 rings (SSSR count). The number of alkyl carbamates (subject to hydrolysis) is 1. The minimum atomic E-state index is -0.739. The molecule has 0 unspecified atom stereocenters. The van der Waals surface area contributed by atoms with Gasteiger partial charge in [0.2, 0.25) is 0 Å². The van der Waals surface area contributed by atoms with E-state index in [0.29, 0.717) is 12.0 Å². The number of hydrogen-bond donors (Lipinski definition) is 1. The van der Waals surface area contributed by atoms with Crippen LogP contribution < -0.4 is 5.32 Å². The van der Waals surface area contributed by atoms with Gasteiger partial charge in [-0.25, -0.2) is 4.79 Å². The Labute approximate surface area is 165 Å². The van der Waals surface area contributed by atoms with Crippen LogP contribution in [0.5, 0.6) is 0 Å². The number of fused-ring (bicyclic) bond motifs is 1. The molecule has 1 N–H and O–H groups in total. The Hall–Kier alpha value is -3.14. The summed E-state index contributed by atoms with van der Waals surface area (Å²) < 4.78 is 5.37. The number of nitrogens with one attached hydrogen (secondary N) is 1. The normalized spacial score (nSPS) is 12.4. The second-order valence-electron chi connectivity index (χ2n) is 7.71. The molecule has 0 aliphatic carbocycles. The van der Waals surface area contributed by atoms with Crippen molar-refractivity contribution in [1.82, 2.24) is 5.32 Å². The maximum atomic E-state index is 13.4. The summed E-state index contributed by atoms with van der Waals surface area (Å²) in [5.41, 5.74) is 0.855. The summed E-state index contributed by atoms with van der Waals surface area (Å²) in [5, 5.41) is 4.54. The lowest BCUT2D eigenvalue weighted by Gasteiger charge is -2.23. The van der Waals surface area contributed by atoms with E-state index in [0.717, 1.165) is 16.3 Å². The molecule has 1 atom stereocenters. The molecular weight excluding hydrogens is 350 g/mol. The Morgan fingerprint density at radius 3 is 2.39 bits per heavy atom. The van der Waals surface area contributed by atoms with Crippen LogP contribution in [0.1, 0.15) is 36.7 Å². The molecule has 3 aromatic carbocycles. The highest BCUT2D eigenvalue weighted by molar-refractivity contribution is 6.11. The highest BCUT2D eigenvalue weighted by Gasteiger charge is 2.26. The maximum Gasteiger partial charge on any atom is 0.408 e. The van der Waals surface area contributed by atoms with Crippen LogP contribution in [-0.2, 0) is 11.2 Å². The van der Waals surface area contributed by atoms with Crippen LogP contribution in [0.3, 0.4) is 0 Å². The van der Waals surface area contributed by atoms with E-state index in [1.54, 1.807) is 26.8 Å². The molecule has 0 fully saturated rings. The third-order valence-electron chi connectivity index (χ3n) is 4.27. The quantitative estimate of drug-likeness (QED) is 0.642. The predicted octanol–water partition coefficient (Wildman–Crippen LogP) is 4.96. The highest BCUT2D eigenvalue weighted by atomic mass is 16.6. The van der Waals surface area contributed by atoms with Gasteiger partial charge in [0, 0.05) is 12.0 Å². The van der Waals surface area contributed by atoms with Gasteiger partial charge in [-0.2, -0.15) is 0 Å². The first-order valence-electron chi connectivity index (χ1n) is 9.30. The van der Waals surface area contributed by atoms with Gasteiger partial charge in [0.05, 0.1) is 6.04 Å². The van der Waals surface area contributed by atoms with E-state index in [1.165, 1.54) is 0 Å². The van der Waals surface area contributed by atoms with Crippen molar-refractivity contribution >= 4 is 22.6 Å². The average Bonchev–Trinajstić information content (AvgIpc) is 2.66. The van der Waals surface area contributed by atoms with Gasteiger partial charge in [-0.1, -0.05) is 54.6 Å². The van der Waals surface area contributed by atoms with Crippen LogP contribution >= 0.6 is 0 Å². The Morgan fingerprint density at radius 2 is 1.68 bits per heavy atom. The van der Waals surface area contributed by atoms with Crippen molar-refractivity contribution in [2.24, 2.45) is 0 Å². The smallest absolute Gasteiger partial charge is 0.408 e. The second kappa shape index (κ2) is 8.26. The number of Topliss-reactive ketones (excluding diaryl/α,β-unsaturated/α-hetero) is 1. The molecule has 1 radical (unpaired) electrons. The van der Waals surface area contributed by atoms with Gasteiger partial charge in [0.15, 0.2) is 5.78 Å². The third kappa shape index (κ3) is 4.97. The average molecular weight is 374 g/mol. The van der Waals surface area contributed by atoms with Gasteiger partial charge in [-0.3, -0.25) is 4.79 Å². The fraction of sp³-hybridized carbons (Fsp3) is 0.250. The van der Waals surface area contributed by atoms with Crippen molar-refractivity contribution in [2.75, 3.05) is 0 Å². The van der Waals surface area contributed by atoms with Crippen molar-refractivity contribution < 1.29 is 14.3 Å². The highest BCUT2D eigenvalue weighted by Crippen LogP contribution is 2.21. The summed E-state index contributed by atoms with van der Waals surface area (Å²) >= 11 is 0. The molecule has 0 saturated heterocycles. The van der Waals surface area contributed by atoms with Gasteiger partial charge in [-0.05, 0) is 55.3 Å². The topological polar surface area (TPSA) is 55.4 Å². The minimum Gasteiger partial charge on any atom is -0.444 e. The zero-order valence-corrected chi connectivity index (χ0v) is 16.4. The lowest BCUT2D eigenvalue weighted by atomic mass is 9.94. The van der Waals surface area contributed by atoms with Gasteiger partial charge in [0.1, 0.15) is 5.60 Å². The fourth-order valence-corrected chi connectivity index (χ4v) is 3.06. The molecule has 0 saturated carbocycles. The van der Waals surface area contributed by atoms with Gasteiger partial charge in [0.25, 0.3) is 0 Å². The summed E-state index contributed by atoms with van der Waals surface area (Å²) in [7, 11) is 0. The molecule has 0 aromatic heterocycles. The fourth-order valence-electron chi connectivity index (χ4n) is 3.06. The van der Waals surface area contributed by atoms with E-state index < -0.39 is 17.7 Å². The summed E-state index contributed by atoms with van der Waals surface area (Å²) in [6.07, 6.45) is -0.228. The summed E-state index contributed by atoms with van der Waals surface area (Å²) in [6, 6.07) is 23.1. The molecule has 4 heteroatoms. The molecule has 3 aromatic rings. The zero-order valence-electron chi connectivity index (χ0n) is 16.4. The van der Waals surface area contributed by atoms with E-state index in [2.05, 4.69) is 11.4 Å². The number of amides is 1. The molecule has 143 valence electrons. The summed E-state index contributed by atoms with van der Waals surface area (Å²) in [6.45, 7) is 5.38. The number of benzene rings is 3. The number of carbonyl (C=O) groups excluding carboxylic acids is 2. The molecule has 0 bridgehead atoms. The molecule has 28 heavy (non-hydrogen) atoms. The standard InChI is InChI=1S/C24H24NO3/c1-24(2,3)28-23(27)25-21(16-17-10-5-4-6-11-17)22(26)20-15-9-13-18-12-7-8-14-19(18)20/h4-8,10-15,21H,16H2,1-3H3,(H,25,27)/t21-/m0/s1. The molecule has 4 nitrogen and oxygen atoms in total. The first kappa shape index (κ1) is 19.6. The van der Waals surface area contributed by atoms with Crippen LogP contribution in [0.4, 0.5) is 4.79 Å². The Morgan fingerprint density at radius 1 is 1.00 bits per heavy atom.